The van der Waals surface area contributed by atoms with Crippen LogP contribution < -0.4 is 0 Å². The van der Waals surface area contributed by atoms with Gasteiger partial charge in [0.1, 0.15) is 0 Å². The maximum Gasteiger partial charge on any atom is 0.254 e. The highest BCUT2D eigenvalue weighted by Crippen LogP contribution is 2.43. The average Bonchev–Trinajstić information content (AvgIpc) is 2.79. The highest BCUT2D eigenvalue weighted by atomic mass is 32.2. The van der Waals surface area contributed by atoms with E-state index in [0.717, 1.165) is 27.8 Å². The van der Waals surface area contributed by atoms with Crippen molar-refractivity contribution in [3.8, 4) is 0 Å². The van der Waals surface area contributed by atoms with Crippen LogP contribution >= 0.6 is 0 Å². The molecule has 35 heavy (non-hydrogen) atoms. The largest absolute Gasteiger partial charge is 0.323 e. The summed E-state index contributed by atoms with van der Waals surface area (Å²) in [6.45, 7) is 15.2. The van der Waals surface area contributed by atoms with Gasteiger partial charge in [0.2, 0.25) is 0 Å². The van der Waals surface area contributed by atoms with Crippen LogP contribution in [0, 0.1) is 19.8 Å². The van der Waals surface area contributed by atoms with Crippen LogP contribution in [-0.2, 0) is 14.6 Å². The Kier molecular flexibility index (Phi) is 8.22. The first-order chi connectivity index (χ1) is 16.5. The highest BCUT2D eigenvalue weighted by Gasteiger charge is 2.42. The van der Waals surface area contributed by atoms with E-state index in [9.17, 15) is 13.2 Å². The normalized spacial score (nSPS) is 18.8. The second-order valence-electron chi connectivity index (χ2n) is 10.0. The van der Waals surface area contributed by atoms with Crippen LogP contribution in [0.4, 0.5) is 0 Å². The molecule has 0 aromatic heterocycles. The first-order valence-corrected chi connectivity index (χ1v) is 13.9. The molecule has 0 saturated heterocycles. The van der Waals surface area contributed by atoms with Crippen LogP contribution in [0.5, 0.6) is 0 Å². The van der Waals surface area contributed by atoms with Crippen molar-refractivity contribution in [2.24, 2.45) is 5.92 Å². The van der Waals surface area contributed by atoms with Crippen LogP contribution in [0.25, 0.3) is 5.57 Å². The van der Waals surface area contributed by atoms with Gasteiger partial charge in [-0.1, -0.05) is 92.2 Å². The van der Waals surface area contributed by atoms with Gasteiger partial charge in [0, 0.05) is 11.6 Å². The predicted octanol–water partition coefficient (Wildman–Crippen LogP) is 6.23. The van der Waals surface area contributed by atoms with Crippen molar-refractivity contribution >= 4 is 21.3 Å². The third kappa shape index (κ3) is 5.84. The summed E-state index contributed by atoms with van der Waals surface area (Å²) in [4.78, 5) is 15.8. The van der Waals surface area contributed by atoms with E-state index in [1.54, 1.807) is 26.0 Å². The summed E-state index contributed by atoms with van der Waals surface area (Å²) in [6.07, 6.45) is 5.26. The molecule has 4 nitrogen and oxygen atoms in total. The number of rotatable bonds is 8. The number of carbonyl (C=O) groups is 1. The summed E-state index contributed by atoms with van der Waals surface area (Å²) < 4.78 is 26.2. The molecule has 0 aliphatic carbocycles. The van der Waals surface area contributed by atoms with Gasteiger partial charge in [-0.15, -0.1) is 0 Å². The first-order valence-electron chi connectivity index (χ1n) is 12.2. The van der Waals surface area contributed by atoms with Crippen LogP contribution in [0.2, 0.25) is 0 Å². The molecule has 0 bridgehead atoms. The summed E-state index contributed by atoms with van der Waals surface area (Å²) in [5.74, 6) is -0.328. The quantitative estimate of drug-likeness (QED) is 0.411. The van der Waals surface area contributed by atoms with Crippen LogP contribution in [0.3, 0.4) is 0 Å². The number of hydrogen-bond acceptors (Lipinski definition) is 3. The van der Waals surface area contributed by atoms with E-state index in [-0.39, 0.29) is 17.6 Å². The number of sulfone groups is 1. The molecule has 2 aromatic rings. The second-order valence-corrected chi connectivity index (χ2v) is 12.6. The number of carbonyl (C=O) groups excluding carboxylic acids is 1. The van der Waals surface area contributed by atoms with Crippen molar-refractivity contribution in [2.45, 2.75) is 58.9 Å². The van der Waals surface area contributed by atoms with Crippen molar-refractivity contribution < 1.29 is 13.2 Å². The van der Waals surface area contributed by atoms with Gasteiger partial charge in [0.05, 0.1) is 17.0 Å². The molecule has 1 aliphatic rings. The zero-order valence-electron chi connectivity index (χ0n) is 21.7. The molecule has 0 spiro atoms. The topological polar surface area (TPSA) is 54.5 Å². The fourth-order valence-corrected chi connectivity index (χ4v) is 5.90. The summed E-state index contributed by atoms with van der Waals surface area (Å²) in [6, 6.07) is 15.5. The lowest BCUT2D eigenvalue weighted by Crippen LogP contribution is -2.51. The molecular weight excluding hydrogens is 454 g/mol. The molecule has 5 heteroatoms. The van der Waals surface area contributed by atoms with Gasteiger partial charge in [-0.2, -0.15) is 0 Å². The molecule has 0 radical (unpaired) electrons. The van der Waals surface area contributed by atoms with Crippen LogP contribution in [-0.4, -0.2) is 36.3 Å². The molecule has 1 aliphatic heterocycles. The van der Waals surface area contributed by atoms with Gasteiger partial charge in [0.25, 0.3) is 5.91 Å². The fourth-order valence-electron chi connectivity index (χ4n) is 4.49. The Morgan fingerprint density at radius 2 is 1.66 bits per heavy atom. The number of nitrogens with zero attached hydrogens (tertiary/aromatic N) is 1. The first kappa shape index (κ1) is 26.7. The number of amides is 1. The van der Waals surface area contributed by atoms with E-state index in [0.29, 0.717) is 5.57 Å². The van der Waals surface area contributed by atoms with Gasteiger partial charge in [0.15, 0.2) is 9.84 Å². The minimum atomic E-state index is -3.40. The summed E-state index contributed by atoms with van der Waals surface area (Å²) in [5, 5.41) is -0.517. The maximum absolute atomic E-state index is 14.0. The van der Waals surface area contributed by atoms with Gasteiger partial charge in [-0.25, -0.2) is 8.42 Å². The lowest BCUT2D eigenvalue weighted by molar-refractivity contribution is -0.131. The minimum Gasteiger partial charge on any atom is -0.323 e. The lowest BCUT2D eigenvalue weighted by Gasteiger charge is -2.44. The van der Waals surface area contributed by atoms with Gasteiger partial charge in [-0.3, -0.25) is 4.79 Å². The number of allylic oxidation sites excluding steroid dienone is 2. The summed E-state index contributed by atoms with van der Waals surface area (Å²) >= 11 is 0. The van der Waals surface area contributed by atoms with Crippen LogP contribution in [0.1, 0.15) is 56.0 Å². The molecule has 0 N–H and O–H groups in total. The summed E-state index contributed by atoms with van der Waals surface area (Å²) in [7, 11) is -3.40. The van der Waals surface area contributed by atoms with Gasteiger partial charge >= 0.3 is 0 Å². The SMILES string of the molecule is C=C/C=C1\C=C(c2cccc(C)c2)C(c2ccc(C)cc2)N([C@H](CS(=O)(=O)C(C)C)C(C)C)C1=O. The Morgan fingerprint density at radius 3 is 2.20 bits per heavy atom. The molecule has 3 rings (SSSR count). The molecule has 186 valence electrons. The van der Waals surface area contributed by atoms with E-state index in [1.165, 1.54) is 0 Å². The zero-order valence-corrected chi connectivity index (χ0v) is 22.5. The van der Waals surface area contributed by atoms with Crippen molar-refractivity contribution in [3.05, 3.63) is 101 Å². The third-order valence-electron chi connectivity index (χ3n) is 6.66. The van der Waals surface area contributed by atoms with E-state index < -0.39 is 27.2 Å². The zero-order chi connectivity index (χ0) is 25.9. The van der Waals surface area contributed by atoms with Crippen molar-refractivity contribution in [1.29, 1.82) is 0 Å². The molecule has 0 saturated carbocycles. The molecule has 1 heterocycles. The minimum absolute atomic E-state index is 0.0673. The van der Waals surface area contributed by atoms with Crippen molar-refractivity contribution in [1.82, 2.24) is 4.90 Å². The average molecular weight is 492 g/mol. The maximum atomic E-state index is 14.0. The Morgan fingerprint density at radius 1 is 1.00 bits per heavy atom. The van der Waals surface area contributed by atoms with E-state index in [1.807, 2.05) is 75.1 Å². The Balaban J connectivity index is 2.32. The molecule has 1 amide bonds. The monoisotopic (exact) mass is 491 g/mol. The molecule has 2 atom stereocenters. The highest BCUT2D eigenvalue weighted by molar-refractivity contribution is 7.92. The van der Waals surface area contributed by atoms with Crippen molar-refractivity contribution in [3.63, 3.8) is 0 Å². The fraction of sp³-hybridized carbons (Fsp3) is 0.367. The lowest BCUT2D eigenvalue weighted by atomic mass is 9.83. The number of hydrogen-bond donors (Lipinski definition) is 0. The van der Waals surface area contributed by atoms with Crippen LogP contribution in [0.15, 0.2) is 78.9 Å². The standard InChI is InChI=1S/C30H37NO3S/c1-8-10-26-18-27(25-12-9-11-23(7)17-25)29(24-15-13-22(6)14-16-24)31(30(26)32)28(20(2)3)19-35(33,34)21(4)5/h8-18,20-21,28-29H,1,19H2,2-7H3/b26-10+/t28-,29?/m1/s1. The van der Waals surface area contributed by atoms with E-state index in [2.05, 4.69) is 18.7 Å². The Bertz CT molecular complexity index is 1250. The van der Waals surface area contributed by atoms with E-state index >= 15 is 0 Å². The summed E-state index contributed by atoms with van der Waals surface area (Å²) in [5.41, 5.74) is 5.69. The Labute approximate surface area is 211 Å². The predicted molar refractivity (Wildman–Crippen MR) is 146 cm³/mol. The van der Waals surface area contributed by atoms with Gasteiger partial charge in [-0.05, 0) is 56.4 Å². The Hall–Kier alpha value is -2.92. The number of aryl methyl sites for hydroxylation is 2. The number of benzene rings is 2. The smallest absolute Gasteiger partial charge is 0.254 e. The van der Waals surface area contributed by atoms with Gasteiger partial charge < -0.3 is 4.90 Å². The molecule has 2 aromatic carbocycles. The molecular formula is C30H37NO3S. The third-order valence-corrected chi connectivity index (χ3v) is 8.90. The van der Waals surface area contributed by atoms with E-state index in [4.69, 9.17) is 0 Å². The molecule has 1 unspecified atom stereocenters. The molecule has 0 fully saturated rings. The second kappa shape index (κ2) is 10.8. The van der Waals surface area contributed by atoms with Crippen molar-refractivity contribution in [2.75, 3.05) is 5.75 Å².